The fourth-order valence-corrected chi connectivity index (χ4v) is 2.32. The molecule has 0 aliphatic rings. The topological polar surface area (TPSA) is 90.7 Å². The van der Waals surface area contributed by atoms with E-state index in [-0.39, 0.29) is 17.3 Å². The second kappa shape index (κ2) is 7.32. The molecule has 19 heavy (non-hydrogen) atoms. The highest BCUT2D eigenvalue weighted by atomic mass is 32.2. The SMILES string of the molecule is CCCOCCOc1ccc(N)cc1S(=O)(=O)NC. The van der Waals surface area contributed by atoms with Gasteiger partial charge in [0.1, 0.15) is 17.3 Å². The zero-order valence-electron chi connectivity index (χ0n) is 11.2. The van der Waals surface area contributed by atoms with Crippen molar-refractivity contribution in [3.63, 3.8) is 0 Å². The molecule has 6 nitrogen and oxygen atoms in total. The van der Waals surface area contributed by atoms with Crippen LogP contribution in [0.2, 0.25) is 0 Å². The van der Waals surface area contributed by atoms with Crippen molar-refractivity contribution < 1.29 is 17.9 Å². The first-order valence-electron chi connectivity index (χ1n) is 6.05. The number of nitrogens with two attached hydrogens (primary N) is 1. The van der Waals surface area contributed by atoms with Crippen molar-refractivity contribution >= 4 is 15.7 Å². The minimum Gasteiger partial charge on any atom is -0.490 e. The fourth-order valence-electron chi connectivity index (χ4n) is 1.42. The molecular formula is C12H20N2O4S. The number of anilines is 1. The lowest BCUT2D eigenvalue weighted by molar-refractivity contribution is 0.0996. The lowest BCUT2D eigenvalue weighted by Crippen LogP contribution is -2.20. The molecule has 0 amide bonds. The summed E-state index contributed by atoms with van der Waals surface area (Å²) in [5.74, 6) is 0.267. The number of benzene rings is 1. The van der Waals surface area contributed by atoms with Crippen LogP contribution in [0.25, 0.3) is 0 Å². The van der Waals surface area contributed by atoms with Crippen LogP contribution in [0.4, 0.5) is 5.69 Å². The highest BCUT2D eigenvalue weighted by Gasteiger charge is 2.18. The molecule has 0 spiro atoms. The first kappa shape index (κ1) is 15.7. The van der Waals surface area contributed by atoms with Crippen LogP contribution in [-0.4, -0.2) is 35.3 Å². The van der Waals surface area contributed by atoms with Gasteiger partial charge in [0, 0.05) is 12.3 Å². The zero-order chi connectivity index (χ0) is 14.3. The minimum atomic E-state index is -3.59. The fraction of sp³-hybridized carbons (Fsp3) is 0.500. The Morgan fingerprint density at radius 1 is 1.26 bits per heavy atom. The maximum atomic E-state index is 11.8. The summed E-state index contributed by atoms with van der Waals surface area (Å²) in [7, 11) is -2.25. The van der Waals surface area contributed by atoms with E-state index >= 15 is 0 Å². The molecule has 0 saturated heterocycles. The van der Waals surface area contributed by atoms with Crippen LogP contribution in [0.5, 0.6) is 5.75 Å². The van der Waals surface area contributed by atoms with E-state index < -0.39 is 10.0 Å². The van der Waals surface area contributed by atoms with E-state index in [0.29, 0.717) is 18.9 Å². The molecule has 0 radical (unpaired) electrons. The largest absolute Gasteiger partial charge is 0.490 e. The summed E-state index contributed by atoms with van der Waals surface area (Å²) in [6, 6.07) is 4.50. The average molecular weight is 288 g/mol. The molecule has 0 aromatic heterocycles. The summed E-state index contributed by atoms with van der Waals surface area (Å²) in [6.07, 6.45) is 0.932. The molecule has 1 aromatic rings. The van der Waals surface area contributed by atoms with E-state index in [9.17, 15) is 8.42 Å². The zero-order valence-corrected chi connectivity index (χ0v) is 12.0. The van der Waals surface area contributed by atoms with Gasteiger partial charge in [0.05, 0.1) is 6.61 Å². The van der Waals surface area contributed by atoms with Gasteiger partial charge in [-0.1, -0.05) is 6.92 Å². The third kappa shape index (κ3) is 4.70. The Morgan fingerprint density at radius 3 is 2.63 bits per heavy atom. The van der Waals surface area contributed by atoms with E-state index in [0.717, 1.165) is 6.42 Å². The third-order valence-corrected chi connectivity index (χ3v) is 3.80. The predicted molar refractivity (Wildman–Crippen MR) is 73.7 cm³/mol. The van der Waals surface area contributed by atoms with Gasteiger partial charge in [-0.05, 0) is 31.7 Å². The molecule has 0 saturated carbocycles. The molecule has 1 aromatic carbocycles. The summed E-state index contributed by atoms with van der Waals surface area (Å²) >= 11 is 0. The Morgan fingerprint density at radius 2 is 2.00 bits per heavy atom. The molecule has 7 heteroatoms. The van der Waals surface area contributed by atoms with Crippen LogP contribution in [0, 0.1) is 0 Å². The second-order valence-electron chi connectivity index (χ2n) is 3.87. The number of hydrogen-bond donors (Lipinski definition) is 2. The molecule has 0 heterocycles. The molecule has 108 valence electrons. The summed E-state index contributed by atoms with van der Waals surface area (Å²) < 4.78 is 36.6. The van der Waals surface area contributed by atoms with Crippen LogP contribution in [-0.2, 0) is 14.8 Å². The minimum absolute atomic E-state index is 0.0329. The van der Waals surface area contributed by atoms with E-state index in [1.807, 2.05) is 6.92 Å². The average Bonchev–Trinajstić information content (AvgIpc) is 2.40. The summed E-state index contributed by atoms with van der Waals surface area (Å²) in [4.78, 5) is 0.0329. The van der Waals surface area contributed by atoms with Crippen LogP contribution in [0.3, 0.4) is 0 Å². The molecule has 0 unspecified atom stereocenters. The van der Waals surface area contributed by atoms with Crippen LogP contribution in [0.1, 0.15) is 13.3 Å². The number of ether oxygens (including phenoxy) is 2. The molecule has 0 bridgehead atoms. The maximum Gasteiger partial charge on any atom is 0.244 e. The van der Waals surface area contributed by atoms with Crippen LogP contribution >= 0.6 is 0 Å². The van der Waals surface area contributed by atoms with Gasteiger partial charge in [0.25, 0.3) is 0 Å². The highest BCUT2D eigenvalue weighted by Crippen LogP contribution is 2.25. The first-order chi connectivity index (χ1) is 9.01. The normalized spacial score (nSPS) is 11.5. The van der Waals surface area contributed by atoms with E-state index in [2.05, 4.69) is 4.72 Å². The number of nitrogens with one attached hydrogen (secondary N) is 1. The number of hydrogen-bond acceptors (Lipinski definition) is 5. The van der Waals surface area contributed by atoms with Crippen LogP contribution in [0.15, 0.2) is 23.1 Å². The van der Waals surface area contributed by atoms with Gasteiger partial charge < -0.3 is 15.2 Å². The maximum absolute atomic E-state index is 11.8. The molecule has 1 rings (SSSR count). The van der Waals surface area contributed by atoms with E-state index in [1.54, 1.807) is 12.1 Å². The van der Waals surface area contributed by atoms with Crippen LogP contribution < -0.4 is 15.2 Å². The Bertz CT molecular complexity index is 502. The van der Waals surface area contributed by atoms with Crippen molar-refractivity contribution in [1.29, 1.82) is 0 Å². The third-order valence-electron chi connectivity index (χ3n) is 2.36. The molecule has 0 aliphatic heterocycles. The lowest BCUT2D eigenvalue weighted by atomic mass is 10.3. The summed E-state index contributed by atoms with van der Waals surface area (Å²) in [6.45, 7) is 3.37. The smallest absolute Gasteiger partial charge is 0.244 e. The summed E-state index contributed by atoms with van der Waals surface area (Å²) in [5.41, 5.74) is 5.97. The lowest BCUT2D eigenvalue weighted by Gasteiger charge is -2.12. The van der Waals surface area contributed by atoms with Crippen molar-refractivity contribution in [3.8, 4) is 5.75 Å². The first-order valence-corrected chi connectivity index (χ1v) is 7.53. The van der Waals surface area contributed by atoms with Crippen molar-refractivity contribution in [3.05, 3.63) is 18.2 Å². The number of rotatable bonds is 8. The van der Waals surface area contributed by atoms with Gasteiger partial charge in [-0.2, -0.15) is 0 Å². The summed E-state index contributed by atoms with van der Waals surface area (Å²) in [5, 5.41) is 0. The monoisotopic (exact) mass is 288 g/mol. The van der Waals surface area contributed by atoms with Crippen molar-refractivity contribution in [2.75, 3.05) is 32.6 Å². The van der Waals surface area contributed by atoms with Crippen molar-refractivity contribution in [2.45, 2.75) is 18.2 Å². The predicted octanol–water partition coefficient (Wildman–Crippen LogP) is 0.982. The van der Waals surface area contributed by atoms with Gasteiger partial charge >= 0.3 is 0 Å². The van der Waals surface area contributed by atoms with Gasteiger partial charge in [-0.3, -0.25) is 0 Å². The number of nitrogen functional groups attached to an aromatic ring is 1. The standard InChI is InChI=1S/C12H20N2O4S/c1-3-6-17-7-8-18-11-5-4-10(13)9-12(11)19(15,16)14-2/h4-5,9,14H,3,6-8,13H2,1-2H3. The molecule has 3 N–H and O–H groups in total. The van der Waals surface area contributed by atoms with Crippen molar-refractivity contribution in [1.82, 2.24) is 4.72 Å². The van der Waals surface area contributed by atoms with Gasteiger partial charge in [-0.15, -0.1) is 0 Å². The van der Waals surface area contributed by atoms with E-state index in [4.69, 9.17) is 15.2 Å². The Balaban J connectivity index is 2.78. The van der Waals surface area contributed by atoms with Gasteiger partial charge in [0.15, 0.2) is 0 Å². The van der Waals surface area contributed by atoms with E-state index in [1.165, 1.54) is 13.1 Å². The molecular weight excluding hydrogens is 268 g/mol. The van der Waals surface area contributed by atoms with Gasteiger partial charge in [-0.25, -0.2) is 13.1 Å². The molecule has 0 fully saturated rings. The van der Waals surface area contributed by atoms with Gasteiger partial charge in [0.2, 0.25) is 10.0 Å². The van der Waals surface area contributed by atoms with Crippen molar-refractivity contribution in [2.24, 2.45) is 0 Å². The molecule has 0 aliphatic carbocycles. The second-order valence-corrected chi connectivity index (χ2v) is 5.73. The molecule has 0 atom stereocenters. The highest BCUT2D eigenvalue weighted by molar-refractivity contribution is 7.89. The Hall–Kier alpha value is -1.31. The Labute approximate surface area is 113 Å². The number of sulfonamides is 1. The Kier molecular flexibility index (Phi) is 6.07. The quantitative estimate of drug-likeness (QED) is 0.550.